The SMILES string of the molecule is CCn1cc(C2CN(c3ncc(Cl)cc3Cl)CCO2)cn1. The molecule has 0 spiro atoms. The number of rotatable bonds is 3. The average molecular weight is 327 g/mol. The first-order valence-corrected chi connectivity index (χ1v) is 7.63. The van der Waals surface area contributed by atoms with Gasteiger partial charge in [-0.3, -0.25) is 4.68 Å². The van der Waals surface area contributed by atoms with E-state index in [1.54, 1.807) is 12.3 Å². The Morgan fingerprint density at radius 2 is 2.24 bits per heavy atom. The zero-order valence-corrected chi connectivity index (χ0v) is 13.2. The van der Waals surface area contributed by atoms with Gasteiger partial charge in [-0.05, 0) is 13.0 Å². The Morgan fingerprint density at radius 1 is 1.38 bits per heavy atom. The number of hydrogen-bond acceptors (Lipinski definition) is 4. The van der Waals surface area contributed by atoms with E-state index in [9.17, 15) is 0 Å². The first kappa shape index (κ1) is 14.6. The van der Waals surface area contributed by atoms with Gasteiger partial charge in [0.05, 0.1) is 29.4 Å². The molecule has 3 rings (SSSR count). The van der Waals surface area contributed by atoms with Gasteiger partial charge in [-0.15, -0.1) is 0 Å². The Balaban J connectivity index is 1.79. The predicted molar refractivity (Wildman–Crippen MR) is 83.1 cm³/mol. The molecule has 0 bridgehead atoms. The Morgan fingerprint density at radius 3 is 2.95 bits per heavy atom. The van der Waals surface area contributed by atoms with Gasteiger partial charge in [0.2, 0.25) is 0 Å². The van der Waals surface area contributed by atoms with Crippen LogP contribution in [0, 0.1) is 0 Å². The van der Waals surface area contributed by atoms with E-state index in [0.717, 1.165) is 24.5 Å². The van der Waals surface area contributed by atoms with E-state index in [-0.39, 0.29) is 6.10 Å². The van der Waals surface area contributed by atoms with Gasteiger partial charge < -0.3 is 9.64 Å². The van der Waals surface area contributed by atoms with Crippen LogP contribution < -0.4 is 4.90 Å². The van der Waals surface area contributed by atoms with Gasteiger partial charge in [-0.2, -0.15) is 5.10 Å². The quantitative estimate of drug-likeness (QED) is 0.868. The molecule has 0 amide bonds. The van der Waals surface area contributed by atoms with Gasteiger partial charge in [0.25, 0.3) is 0 Å². The second-order valence-electron chi connectivity index (χ2n) is 4.89. The minimum absolute atomic E-state index is 0.0207. The third-order valence-corrected chi connectivity index (χ3v) is 3.99. The average Bonchev–Trinajstić information content (AvgIpc) is 2.96. The van der Waals surface area contributed by atoms with Gasteiger partial charge >= 0.3 is 0 Å². The third kappa shape index (κ3) is 3.15. The molecular weight excluding hydrogens is 311 g/mol. The largest absolute Gasteiger partial charge is 0.370 e. The molecule has 2 aromatic rings. The molecule has 1 saturated heterocycles. The van der Waals surface area contributed by atoms with E-state index in [0.29, 0.717) is 23.2 Å². The highest BCUT2D eigenvalue weighted by atomic mass is 35.5. The lowest BCUT2D eigenvalue weighted by Crippen LogP contribution is -2.38. The molecule has 7 heteroatoms. The van der Waals surface area contributed by atoms with Crippen molar-refractivity contribution >= 4 is 29.0 Å². The minimum Gasteiger partial charge on any atom is -0.370 e. The number of anilines is 1. The highest BCUT2D eigenvalue weighted by Gasteiger charge is 2.25. The van der Waals surface area contributed by atoms with Crippen molar-refractivity contribution < 1.29 is 4.74 Å². The van der Waals surface area contributed by atoms with Crippen LogP contribution >= 0.6 is 23.2 Å². The lowest BCUT2D eigenvalue weighted by atomic mass is 10.1. The molecule has 21 heavy (non-hydrogen) atoms. The minimum atomic E-state index is -0.0207. The number of aryl methyl sites for hydroxylation is 1. The van der Waals surface area contributed by atoms with Gasteiger partial charge in [-0.25, -0.2) is 4.98 Å². The zero-order valence-electron chi connectivity index (χ0n) is 11.7. The number of morpholine rings is 1. The van der Waals surface area contributed by atoms with E-state index in [4.69, 9.17) is 27.9 Å². The van der Waals surface area contributed by atoms with Crippen LogP contribution in [0.4, 0.5) is 5.82 Å². The fourth-order valence-electron chi connectivity index (χ4n) is 2.40. The summed E-state index contributed by atoms with van der Waals surface area (Å²) in [5.74, 6) is 0.747. The molecular formula is C14H16Cl2N4O. The standard InChI is InChI=1S/C14H16Cl2N4O/c1-2-20-8-10(6-18-20)13-9-19(3-4-21-13)14-12(16)5-11(15)7-17-14/h5-8,13H,2-4,9H2,1H3. The molecule has 112 valence electrons. The number of nitrogens with zero attached hydrogens (tertiary/aromatic N) is 4. The molecule has 0 saturated carbocycles. The first-order chi connectivity index (χ1) is 10.2. The maximum absolute atomic E-state index is 6.24. The first-order valence-electron chi connectivity index (χ1n) is 6.87. The summed E-state index contributed by atoms with van der Waals surface area (Å²) >= 11 is 12.1. The summed E-state index contributed by atoms with van der Waals surface area (Å²) in [5.41, 5.74) is 1.08. The molecule has 0 aliphatic carbocycles. The fourth-order valence-corrected chi connectivity index (χ4v) is 2.90. The van der Waals surface area contributed by atoms with E-state index in [2.05, 4.69) is 21.9 Å². The number of halogens is 2. The molecule has 3 heterocycles. The van der Waals surface area contributed by atoms with Gasteiger partial charge in [0.1, 0.15) is 11.9 Å². The van der Waals surface area contributed by atoms with Crippen molar-refractivity contribution in [3.8, 4) is 0 Å². The highest BCUT2D eigenvalue weighted by Crippen LogP contribution is 2.30. The Kier molecular flexibility index (Phi) is 4.33. The number of aromatic nitrogens is 3. The van der Waals surface area contributed by atoms with Crippen molar-refractivity contribution in [3.63, 3.8) is 0 Å². The topological polar surface area (TPSA) is 43.2 Å². The maximum Gasteiger partial charge on any atom is 0.147 e. The van der Waals surface area contributed by atoms with Gasteiger partial charge in [0, 0.05) is 31.0 Å². The smallest absolute Gasteiger partial charge is 0.147 e. The van der Waals surface area contributed by atoms with Crippen LogP contribution in [0.1, 0.15) is 18.6 Å². The van der Waals surface area contributed by atoms with Crippen LogP contribution in [0.3, 0.4) is 0 Å². The van der Waals surface area contributed by atoms with E-state index in [1.165, 1.54) is 0 Å². The summed E-state index contributed by atoms with van der Waals surface area (Å²) in [5, 5.41) is 5.40. The summed E-state index contributed by atoms with van der Waals surface area (Å²) in [4.78, 5) is 6.46. The second-order valence-corrected chi connectivity index (χ2v) is 5.74. The van der Waals surface area contributed by atoms with E-state index >= 15 is 0 Å². The normalized spacial score (nSPS) is 19.0. The number of pyridine rings is 1. The third-order valence-electron chi connectivity index (χ3n) is 3.50. The van der Waals surface area contributed by atoms with Crippen molar-refractivity contribution in [3.05, 3.63) is 40.3 Å². The van der Waals surface area contributed by atoms with Crippen LogP contribution in [0.2, 0.25) is 10.0 Å². The van der Waals surface area contributed by atoms with E-state index in [1.807, 2.05) is 17.1 Å². The van der Waals surface area contributed by atoms with Crippen molar-refractivity contribution in [2.45, 2.75) is 19.6 Å². The molecule has 1 unspecified atom stereocenters. The molecule has 0 radical (unpaired) electrons. The summed E-state index contributed by atoms with van der Waals surface area (Å²) in [7, 11) is 0. The lowest BCUT2D eigenvalue weighted by Gasteiger charge is -2.33. The highest BCUT2D eigenvalue weighted by molar-refractivity contribution is 6.36. The molecule has 1 fully saturated rings. The van der Waals surface area contributed by atoms with Gasteiger partial charge in [-0.1, -0.05) is 23.2 Å². The Bertz CT molecular complexity index is 631. The molecule has 0 aromatic carbocycles. The van der Waals surface area contributed by atoms with Crippen molar-refractivity contribution in [2.24, 2.45) is 0 Å². The zero-order chi connectivity index (χ0) is 14.8. The van der Waals surface area contributed by atoms with E-state index < -0.39 is 0 Å². The van der Waals surface area contributed by atoms with Crippen molar-refractivity contribution in [1.82, 2.24) is 14.8 Å². The Labute approximate surface area is 133 Å². The van der Waals surface area contributed by atoms with Crippen molar-refractivity contribution in [2.75, 3.05) is 24.6 Å². The van der Waals surface area contributed by atoms with Crippen molar-refractivity contribution in [1.29, 1.82) is 0 Å². The molecule has 1 aliphatic heterocycles. The van der Waals surface area contributed by atoms with Crippen LogP contribution in [-0.4, -0.2) is 34.5 Å². The molecule has 1 aliphatic rings. The summed E-state index contributed by atoms with van der Waals surface area (Å²) in [6, 6.07) is 1.71. The van der Waals surface area contributed by atoms with Crippen LogP contribution in [0.5, 0.6) is 0 Å². The lowest BCUT2D eigenvalue weighted by molar-refractivity contribution is 0.0395. The monoisotopic (exact) mass is 326 g/mol. The Hall–Kier alpha value is -1.30. The summed E-state index contributed by atoms with van der Waals surface area (Å²) in [6.45, 7) is 4.99. The van der Waals surface area contributed by atoms with Gasteiger partial charge in [0.15, 0.2) is 0 Å². The predicted octanol–water partition coefficient (Wildman–Crippen LogP) is 3.18. The number of hydrogen-bond donors (Lipinski definition) is 0. The van der Waals surface area contributed by atoms with Crippen LogP contribution in [0.15, 0.2) is 24.7 Å². The second kappa shape index (κ2) is 6.22. The number of ether oxygens (including phenoxy) is 1. The molecule has 5 nitrogen and oxygen atoms in total. The van der Waals surface area contributed by atoms with Crippen LogP contribution in [-0.2, 0) is 11.3 Å². The molecule has 0 N–H and O–H groups in total. The molecule has 2 aromatic heterocycles. The van der Waals surface area contributed by atoms with Crippen LogP contribution in [0.25, 0.3) is 0 Å². The summed E-state index contributed by atoms with van der Waals surface area (Å²) < 4.78 is 7.74. The fraction of sp³-hybridized carbons (Fsp3) is 0.429. The maximum atomic E-state index is 6.24. The molecule has 1 atom stereocenters. The summed E-state index contributed by atoms with van der Waals surface area (Å²) in [6.07, 6.45) is 5.47.